The molecule has 2 rings (SSSR count). The van der Waals surface area contributed by atoms with Crippen LogP contribution in [0.4, 0.5) is 0 Å². The highest BCUT2D eigenvalue weighted by molar-refractivity contribution is 7.12. The Hall–Kier alpha value is -1.26. The third-order valence-electron chi connectivity index (χ3n) is 2.49. The van der Waals surface area contributed by atoms with Crippen LogP contribution in [0.25, 0.3) is 11.4 Å². The van der Waals surface area contributed by atoms with Gasteiger partial charge in [-0.05, 0) is 24.6 Å². The summed E-state index contributed by atoms with van der Waals surface area (Å²) in [5, 5.41) is 1.11. The van der Waals surface area contributed by atoms with Gasteiger partial charge in [-0.1, -0.05) is 19.9 Å². The van der Waals surface area contributed by atoms with Crippen molar-refractivity contribution in [2.45, 2.75) is 26.2 Å². The van der Waals surface area contributed by atoms with Crippen molar-refractivity contribution < 1.29 is 0 Å². The van der Waals surface area contributed by atoms with Crippen molar-refractivity contribution in [2.24, 2.45) is 5.73 Å². The molecule has 3 nitrogen and oxygen atoms in total. The molecule has 0 unspecified atom stereocenters. The number of aromatic nitrogens is 2. The molecule has 0 amide bonds. The molecule has 0 aliphatic heterocycles. The fourth-order valence-electron chi connectivity index (χ4n) is 1.69. The zero-order valence-electron chi connectivity index (χ0n) is 10.2. The van der Waals surface area contributed by atoms with E-state index in [0.717, 1.165) is 22.8 Å². The molecular formula is C13H17N3S. The van der Waals surface area contributed by atoms with E-state index >= 15 is 0 Å². The Kier molecular flexibility index (Phi) is 3.86. The average Bonchev–Trinajstić information content (AvgIpc) is 2.75. The Balaban J connectivity index is 2.44. The molecule has 0 saturated carbocycles. The van der Waals surface area contributed by atoms with Crippen molar-refractivity contribution in [1.82, 2.24) is 9.97 Å². The second-order valence-electron chi connectivity index (χ2n) is 4.23. The summed E-state index contributed by atoms with van der Waals surface area (Å²) in [6.07, 6.45) is 2.65. The maximum atomic E-state index is 5.59. The molecule has 2 aromatic rings. The normalized spacial score (nSPS) is 11.1. The van der Waals surface area contributed by atoms with Crippen LogP contribution in [0.1, 0.15) is 29.7 Å². The molecule has 2 N–H and O–H groups in total. The average molecular weight is 247 g/mol. The van der Waals surface area contributed by atoms with E-state index in [2.05, 4.69) is 23.8 Å². The Morgan fingerprint density at radius 2 is 2.18 bits per heavy atom. The summed E-state index contributed by atoms with van der Waals surface area (Å²) in [4.78, 5) is 10.3. The van der Waals surface area contributed by atoms with E-state index in [1.807, 2.05) is 18.2 Å². The monoisotopic (exact) mass is 247 g/mol. The molecule has 17 heavy (non-hydrogen) atoms. The van der Waals surface area contributed by atoms with Gasteiger partial charge in [-0.25, -0.2) is 4.98 Å². The lowest BCUT2D eigenvalue weighted by atomic mass is 10.1. The topological polar surface area (TPSA) is 51.8 Å². The van der Waals surface area contributed by atoms with Gasteiger partial charge in [0.1, 0.15) is 5.69 Å². The van der Waals surface area contributed by atoms with Gasteiger partial charge in [-0.3, -0.25) is 4.98 Å². The van der Waals surface area contributed by atoms with Gasteiger partial charge in [0.05, 0.1) is 10.7 Å². The third kappa shape index (κ3) is 2.70. The minimum Gasteiger partial charge on any atom is -0.330 e. The first kappa shape index (κ1) is 12.2. The lowest BCUT2D eigenvalue weighted by molar-refractivity contribution is 0.885. The fourth-order valence-corrected chi connectivity index (χ4v) is 2.78. The van der Waals surface area contributed by atoms with Crippen LogP contribution in [-0.4, -0.2) is 16.5 Å². The molecule has 0 aliphatic rings. The molecule has 0 atom stereocenters. The molecule has 0 saturated heterocycles. The van der Waals surface area contributed by atoms with E-state index in [1.54, 1.807) is 17.5 Å². The van der Waals surface area contributed by atoms with E-state index in [9.17, 15) is 0 Å². The van der Waals surface area contributed by atoms with E-state index in [-0.39, 0.29) is 0 Å². The molecule has 2 aromatic heterocycles. The molecule has 0 spiro atoms. The number of hydrogen-bond donors (Lipinski definition) is 1. The van der Waals surface area contributed by atoms with E-state index in [0.29, 0.717) is 12.5 Å². The molecule has 2 heterocycles. The summed E-state index contributed by atoms with van der Waals surface area (Å²) in [6.45, 7) is 5.02. The fraction of sp³-hybridized carbons (Fsp3) is 0.385. The zero-order valence-corrected chi connectivity index (χ0v) is 11.0. The Labute approximate surface area is 106 Å². The molecule has 4 heteroatoms. The summed E-state index contributed by atoms with van der Waals surface area (Å²) >= 11 is 1.76. The lowest BCUT2D eigenvalue weighted by Gasteiger charge is -2.03. The summed E-state index contributed by atoms with van der Waals surface area (Å²) < 4.78 is 0. The number of nitrogens with two attached hydrogens (primary N) is 1. The van der Waals surface area contributed by atoms with Crippen LogP contribution >= 0.6 is 11.3 Å². The number of rotatable bonds is 4. The SMILES string of the molecule is CC(C)c1sc(CCN)nc1-c1ccccn1. The Morgan fingerprint density at radius 1 is 1.35 bits per heavy atom. The maximum absolute atomic E-state index is 5.59. The predicted molar refractivity (Wildman–Crippen MR) is 72.2 cm³/mol. The maximum Gasteiger partial charge on any atom is 0.103 e. The van der Waals surface area contributed by atoms with Gasteiger partial charge in [0.2, 0.25) is 0 Å². The molecule has 0 aromatic carbocycles. The molecule has 0 fully saturated rings. The summed E-state index contributed by atoms with van der Waals surface area (Å²) in [5.74, 6) is 0.469. The molecule has 0 radical (unpaired) electrons. The summed E-state index contributed by atoms with van der Waals surface area (Å²) in [5.41, 5.74) is 7.56. The Bertz CT molecular complexity index is 477. The highest BCUT2D eigenvalue weighted by Gasteiger charge is 2.15. The second-order valence-corrected chi connectivity index (χ2v) is 5.34. The molecule has 0 aliphatic carbocycles. The van der Waals surface area contributed by atoms with Crippen molar-refractivity contribution in [1.29, 1.82) is 0 Å². The third-order valence-corrected chi connectivity index (χ3v) is 3.90. The van der Waals surface area contributed by atoms with Crippen molar-refractivity contribution in [3.05, 3.63) is 34.3 Å². The first-order valence-electron chi connectivity index (χ1n) is 5.83. The van der Waals surface area contributed by atoms with Crippen molar-refractivity contribution in [2.75, 3.05) is 6.54 Å². The minimum absolute atomic E-state index is 0.469. The van der Waals surface area contributed by atoms with Gasteiger partial charge >= 0.3 is 0 Å². The quantitative estimate of drug-likeness (QED) is 0.904. The van der Waals surface area contributed by atoms with Crippen molar-refractivity contribution in [3.63, 3.8) is 0 Å². The largest absolute Gasteiger partial charge is 0.330 e. The number of pyridine rings is 1. The highest BCUT2D eigenvalue weighted by atomic mass is 32.1. The molecular weight excluding hydrogens is 230 g/mol. The van der Waals surface area contributed by atoms with Gasteiger partial charge in [0.25, 0.3) is 0 Å². The van der Waals surface area contributed by atoms with Crippen LogP contribution < -0.4 is 5.73 Å². The van der Waals surface area contributed by atoms with Crippen LogP contribution in [-0.2, 0) is 6.42 Å². The van der Waals surface area contributed by atoms with Gasteiger partial charge in [0, 0.05) is 17.5 Å². The second kappa shape index (κ2) is 5.38. The summed E-state index contributed by atoms with van der Waals surface area (Å²) in [6, 6.07) is 5.92. The van der Waals surface area contributed by atoms with Gasteiger partial charge in [-0.15, -0.1) is 11.3 Å². The van der Waals surface area contributed by atoms with E-state index in [1.165, 1.54) is 4.88 Å². The van der Waals surface area contributed by atoms with Crippen LogP contribution in [0.2, 0.25) is 0 Å². The lowest BCUT2D eigenvalue weighted by Crippen LogP contribution is -2.02. The van der Waals surface area contributed by atoms with Crippen LogP contribution in [0, 0.1) is 0 Å². The van der Waals surface area contributed by atoms with Crippen LogP contribution in [0.15, 0.2) is 24.4 Å². The van der Waals surface area contributed by atoms with Crippen LogP contribution in [0.5, 0.6) is 0 Å². The van der Waals surface area contributed by atoms with Crippen molar-refractivity contribution in [3.8, 4) is 11.4 Å². The smallest absolute Gasteiger partial charge is 0.103 e. The van der Waals surface area contributed by atoms with Crippen molar-refractivity contribution >= 4 is 11.3 Å². The van der Waals surface area contributed by atoms with Crippen LogP contribution in [0.3, 0.4) is 0 Å². The first-order valence-corrected chi connectivity index (χ1v) is 6.65. The molecule has 90 valence electrons. The minimum atomic E-state index is 0.469. The van der Waals surface area contributed by atoms with Gasteiger partial charge < -0.3 is 5.73 Å². The zero-order chi connectivity index (χ0) is 12.3. The number of thiazole rings is 1. The molecule has 0 bridgehead atoms. The van der Waals surface area contributed by atoms with E-state index in [4.69, 9.17) is 5.73 Å². The van der Waals surface area contributed by atoms with Gasteiger partial charge in [-0.2, -0.15) is 0 Å². The Morgan fingerprint density at radius 3 is 2.76 bits per heavy atom. The first-order chi connectivity index (χ1) is 8.22. The van der Waals surface area contributed by atoms with Gasteiger partial charge in [0.15, 0.2) is 0 Å². The number of nitrogens with zero attached hydrogens (tertiary/aromatic N) is 2. The number of hydrogen-bond acceptors (Lipinski definition) is 4. The predicted octanol–water partition coefficient (Wildman–Crippen LogP) is 2.83. The standard InChI is InChI=1S/C13H17N3S/c1-9(2)13-12(10-5-3-4-8-15-10)16-11(17-13)6-7-14/h3-5,8-9H,6-7,14H2,1-2H3. The summed E-state index contributed by atoms with van der Waals surface area (Å²) in [7, 11) is 0. The van der Waals surface area contributed by atoms with E-state index < -0.39 is 0 Å². The highest BCUT2D eigenvalue weighted by Crippen LogP contribution is 2.32.